The van der Waals surface area contributed by atoms with E-state index in [9.17, 15) is 10.2 Å². The van der Waals surface area contributed by atoms with Gasteiger partial charge < -0.3 is 10.2 Å². The molecule has 0 atom stereocenters. The Morgan fingerprint density at radius 1 is 0.882 bits per heavy atom. The number of para-hydroxylation sites is 2. The second kappa shape index (κ2) is 6.01. The average Bonchev–Trinajstić information content (AvgIpc) is 2.28. The molecule has 2 nitrogen and oxygen atoms in total. The molecule has 0 amide bonds. The van der Waals surface area contributed by atoms with E-state index in [1.165, 1.54) is 17.8 Å². The van der Waals surface area contributed by atoms with Crippen LogP contribution in [0.25, 0.3) is 0 Å². The van der Waals surface area contributed by atoms with Gasteiger partial charge in [0.25, 0.3) is 0 Å². The maximum absolute atomic E-state index is 11.7. The molecule has 2 aromatic rings. The summed E-state index contributed by atoms with van der Waals surface area (Å²) in [5.74, 6) is -0.212. The van der Waals surface area contributed by atoms with Crippen LogP contribution in [0.3, 0.4) is 0 Å². The molecule has 5 heteroatoms. The van der Waals surface area contributed by atoms with E-state index < -0.39 is 0 Å². The van der Waals surface area contributed by atoms with Crippen LogP contribution in [-0.2, 0) is 0 Å². The quantitative estimate of drug-likeness (QED) is 0.660. The number of hydrogen-bond donors (Lipinski definition) is 1. The minimum atomic E-state index is -0.140. The van der Waals surface area contributed by atoms with E-state index in [0.717, 1.165) is 0 Å². The monoisotopic (exact) mass is 257 g/mol. The number of rotatable bonds is 2. The molecule has 0 bridgehead atoms. The molecule has 0 saturated carbocycles. The molecule has 0 aliphatic heterocycles. The van der Waals surface area contributed by atoms with Crippen molar-refractivity contribution in [3.05, 3.63) is 42.5 Å². The van der Waals surface area contributed by atoms with Crippen LogP contribution in [0.5, 0.6) is 11.5 Å². The predicted octanol–water partition coefficient (Wildman–Crippen LogP) is 1.89. The van der Waals surface area contributed by atoms with Gasteiger partial charge >= 0.3 is 10.1 Å². The molecule has 0 N–H and O–H groups in total. The van der Waals surface area contributed by atoms with Gasteiger partial charge in [0.1, 0.15) is 0 Å². The first-order valence-electron chi connectivity index (χ1n) is 4.61. The molecular weight excluding hydrogens is 249 g/mol. The van der Waals surface area contributed by atoms with E-state index in [-0.39, 0.29) is 21.6 Å². The predicted molar refractivity (Wildman–Crippen MR) is 68.9 cm³/mol. The zero-order valence-corrected chi connectivity index (χ0v) is 10.6. The van der Waals surface area contributed by atoms with Gasteiger partial charge in [0.2, 0.25) is 0 Å². The molecule has 0 radical (unpaired) electrons. The standard InChI is InChI=1S/C12H10O2S2.Be/c13-8-4-1-2-6-10(8)16-11-7-3-5-9(15)12(11)14;/h1-7,13-15H;/q;+2/p-2. The summed E-state index contributed by atoms with van der Waals surface area (Å²) in [7, 11) is 0. The Kier molecular flexibility index (Phi) is 4.94. The average molecular weight is 257 g/mol. The molecular formula is C12H8BeO2S2. The molecule has 0 unspecified atom stereocenters. The van der Waals surface area contributed by atoms with Crippen LogP contribution in [0, 0.1) is 0 Å². The van der Waals surface area contributed by atoms with Crippen LogP contribution in [0.2, 0.25) is 0 Å². The first kappa shape index (κ1) is 14.0. The molecule has 82 valence electrons. The normalized spacial score (nSPS) is 9.71. The first-order chi connectivity index (χ1) is 7.68. The Bertz CT molecular complexity index is 518. The third-order valence-corrected chi connectivity index (χ3v) is 3.48. The van der Waals surface area contributed by atoms with Crippen LogP contribution in [0.1, 0.15) is 0 Å². The van der Waals surface area contributed by atoms with E-state index >= 15 is 0 Å². The van der Waals surface area contributed by atoms with Crippen LogP contribution in [0.4, 0.5) is 0 Å². The third-order valence-electron chi connectivity index (χ3n) is 2.03. The second-order valence-electron chi connectivity index (χ2n) is 3.15. The molecule has 0 spiro atoms. The zero-order valence-electron chi connectivity index (χ0n) is 8.92. The zero-order chi connectivity index (χ0) is 11.5. The maximum atomic E-state index is 11.7. The van der Waals surface area contributed by atoms with Crippen molar-refractivity contribution in [2.45, 2.75) is 14.7 Å². The molecule has 17 heavy (non-hydrogen) atoms. The van der Waals surface area contributed by atoms with Crippen LogP contribution < -0.4 is 10.2 Å². The topological polar surface area (TPSA) is 46.1 Å². The molecule has 0 heterocycles. The largest absolute Gasteiger partial charge is 2.00 e. The fourth-order valence-electron chi connectivity index (χ4n) is 1.24. The number of benzene rings is 2. The van der Waals surface area contributed by atoms with Gasteiger partial charge in [-0.25, -0.2) is 0 Å². The molecule has 0 aliphatic rings. The number of thiol groups is 1. The van der Waals surface area contributed by atoms with E-state index in [1.54, 1.807) is 36.4 Å². The first-order valence-corrected chi connectivity index (χ1v) is 5.88. The van der Waals surface area contributed by atoms with Crippen molar-refractivity contribution in [1.82, 2.24) is 0 Å². The second-order valence-corrected chi connectivity index (χ2v) is 4.72. The van der Waals surface area contributed by atoms with Crippen LogP contribution in [-0.4, -0.2) is 10.1 Å². The molecule has 2 aromatic carbocycles. The van der Waals surface area contributed by atoms with Crippen molar-refractivity contribution in [3.8, 4) is 11.5 Å². The van der Waals surface area contributed by atoms with Crippen molar-refractivity contribution in [3.63, 3.8) is 0 Å². The minimum absolute atomic E-state index is 0. The van der Waals surface area contributed by atoms with Gasteiger partial charge in [-0.15, -0.1) is 12.6 Å². The minimum Gasteiger partial charge on any atom is -0.872 e. The number of hydrogen-bond acceptors (Lipinski definition) is 4. The van der Waals surface area contributed by atoms with E-state index in [2.05, 4.69) is 12.6 Å². The van der Waals surface area contributed by atoms with Gasteiger partial charge in [-0.3, -0.25) is 0 Å². The maximum Gasteiger partial charge on any atom is 2.00 e. The summed E-state index contributed by atoms with van der Waals surface area (Å²) in [4.78, 5) is 1.47. The third kappa shape index (κ3) is 3.19. The van der Waals surface area contributed by atoms with Gasteiger partial charge in [-0.2, -0.15) is 0 Å². The summed E-state index contributed by atoms with van der Waals surface area (Å²) >= 11 is 5.24. The van der Waals surface area contributed by atoms with E-state index in [0.29, 0.717) is 14.7 Å². The summed E-state index contributed by atoms with van der Waals surface area (Å²) < 4.78 is 0. The molecule has 0 fully saturated rings. The van der Waals surface area contributed by atoms with Crippen LogP contribution in [0.15, 0.2) is 57.2 Å². The van der Waals surface area contributed by atoms with Crippen molar-refractivity contribution in [2.24, 2.45) is 0 Å². The summed E-state index contributed by atoms with van der Waals surface area (Å²) in [6.45, 7) is 0. The van der Waals surface area contributed by atoms with Crippen molar-refractivity contribution in [1.29, 1.82) is 0 Å². The van der Waals surface area contributed by atoms with Crippen molar-refractivity contribution in [2.75, 3.05) is 0 Å². The fraction of sp³-hybridized carbons (Fsp3) is 0. The Morgan fingerprint density at radius 3 is 2.24 bits per heavy atom. The Morgan fingerprint density at radius 2 is 1.53 bits per heavy atom. The van der Waals surface area contributed by atoms with Gasteiger partial charge in [0.15, 0.2) is 0 Å². The van der Waals surface area contributed by atoms with E-state index in [4.69, 9.17) is 0 Å². The van der Waals surface area contributed by atoms with E-state index in [1.807, 2.05) is 0 Å². The summed E-state index contributed by atoms with van der Waals surface area (Å²) in [6.07, 6.45) is 0. The van der Waals surface area contributed by atoms with Crippen molar-refractivity contribution >= 4 is 34.5 Å². The van der Waals surface area contributed by atoms with Gasteiger partial charge in [-0.05, 0) is 23.1 Å². The van der Waals surface area contributed by atoms with Gasteiger partial charge in [0.05, 0.1) is 0 Å². The Hall–Kier alpha value is -1.09. The molecule has 0 aliphatic carbocycles. The molecule has 0 saturated heterocycles. The van der Waals surface area contributed by atoms with Gasteiger partial charge in [0, 0.05) is 9.79 Å². The Labute approximate surface area is 113 Å². The van der Waals surface area contributed by atoms with Crippen LogP contribution >= 0.6 is 24.4 Å². The SMILES string of the molecule is [Be+2].[O-]c1ccccc1Sc1cccc(S)c1[O-]. The molecule has 0 aromatic heterocycles. The fourth-order valence-corrected chi connectivity index (χ4v) is 2.42. The summed E-state index contributed by atoms with van der Waals surface area (Å²) in [5, 5.41) is 23.2. The smallest absolute Gasteiger partial charge is 0.872 e. The summed E-state index contributed by atoms with van der Waals surface area (Å²) in [5.41, 5.74) is 0. The van der Waals surface area contributed by atoms with Gasteiger partial charge in [-0.1, -0.05) is 47.5 Å². The Balaban J connectivity index is 0.00000144. The van der Waals surface area contributed by atoms with Crippen molar-refractivity contribution < 1.29 is 10.2 Å². The summed E-state index contributed by atoms with van der Waals surface area (Å²) in [6, 6.07) is 11.7. The molecule has 2 rings (SSSR count).